The predicted molar refractivity (Wildman–Crippen MR) is 131 cm³/mol. The molecule has 2 N–H and O–H groups in total. The molecule has 168 valence electrons. The lowest BCUT2D eigenvalue weighted by molar-refractivity contribution is -0.128. The van der Waals surface area contributed by atoms with E-state index in [1.807, 2.05) is 24.0 Å². The third-order valence-corrected chi connectivity index (χ3v) is 5.03. The van der Waals surface area contributed by atoms with E-state index in [2.05, 4.69) is 27.8 Å². The summed E-state index contributed by atoms with van der Waals surface area (Å²) in [4.78, 5) is 18.1. The van der Waals surface area contributed by atoms with Crippen molar-refractivity contribution in [1.29, 1.82) is 0 Å². The summed E-state index contributed by atoms with van der Waals surface area (Å²) in [6.45, 7) is 4.55. The Morgan fingerprint density at radius 1 is 1.16 bits per heavy atom. The molecule has 1 unspecified atom stereocenters. The summed E-state index contributed by atoms with van der Waals surface area (Å²) in [6.07, 6.45) is 1.46. The highest BCUT2D eigenvalue weighted by Gasteiger charge is 2.20. The van der Waals surface area contributed by atoms with Crippen molar-refractivity contribution in [3.8, 4) is 5.75 Å². The second kappa shape index (κ2) is 12.5. The summed E-state index contributed by atoms with van der Waals surface area (Å²) < 4.78 is 18.8. The predicted octanol–water partition coefficient (Wildman–Crippen LogP) is 3.70. The van der Waals surface area contributed by atoms with E-state index in [9.17, 15) is 9.18 Å². The molecule has 0 radical (unpaired) electrons. The van der Waals surface area contributed by atoms with Crippen LogP contribution in [0, 0.1) is 5.82 Å². The first-order valence-electron chi connectivity index (χ1n) is 10.3. The van der Waals surface area contributed by atoms with Gasteiger partial charge in [0.05, 0.1) is 6.54 Å². The Bertz CT molecular complexity index is 876. The molecule has 1 heterocycles. The number of rotatable bonds is 8. The Hall–Kier alpha value is -2.36. The molecule has 0 aromatic heterocycles. The Morgan fingerprint density at radius 2 is 1.87 bits per heavy atom. The van der Waals surface area contributed by atoms with E-state index in [1.165, 1.54) is 12.1 Å². The van der Waals surface area contributed by atoms with E-state index >= 15 is 0 Å². The smallest absolute Gasteiger partial charge is 0.222 e. The van der Waals surface area contributed by atoms with Crippen molar-refractivity contribution in [2.45, 2.75) is 39.0 Å². The third-order valence-electron chi connectivity index (χ3n) is 5.03. The van der Waals surface area contributed by atoms with Crippen LogP contribution in [0.5, 0.6) is 5.75 Å². The molecule has 2 aromatic rings. The molecule has 0 saturated carbocycles. The number of hydrogen-bond acceptors (Lipinski definition) is 3. The van der Waals surface area contributed by atoms with Gasteiger partial charge in [-0.2, -0.15) is 0 Å². The highest BCUT2D eigenvalue weighted by molar-refractivity contribution is 14.0. The molecule has 8 heteroatoms. The van der Waals surface area contributed by atoms with Gasteiger partial charge in [0.2, 0.25) is 5.91 Å². The van der Waals surface area contributed by atoms with Gasteiger partial charge < -0.3 is 20.3 Å². The van der Waals surface area contributed by atoms with Crippen LogP contribution in [-0.4, -0.2) is 43.0 Å². The van der Waals surface area contributed by atoms with Crippen molar-refractivity contribution in [3.63, 3.8) is 0 Å². The minimum absolute atomic E-state index is 0. The third kappa shape index (κ3) is 7.68. The zero-order chi connectivity index (χ0) is 21.3. The van der Waals surface area contributed by atoms with Crippen LogP contribution in [0.1, 0.15) is 30.9 Å². The fourth-order valence-electron chi connectivity index (χ4n) is 3.39. The first kappa shape index (κ1) is 24.9. The quantitative estimate of drug-likeness (QED) is 0.305. The van der Waals surface area contributed by atoms with Gasteiger partial charge in [-0.15, -0.1) is 24.0 Å². The van der Waals surface area contributed by atoms with Crippen LogP contribution in [0.3, 0.4) is 0 Å². The minimum atomic E-state index is -0.285. The lowest BCUT2D eigenvalue weighted by Crippen LogP contribution is -2.41. The average Bonchev–Trinajstić information content (AvgIpc) is 3.15. The molecule has 1 aliphatic heterocycles. The van der Waals surface area contributed by atoms with Crippen molar-refractivity contribution in [2.75, 3.05) is 20.1 Å². The molecule has 31 heavy (non-hydrogen) atoms. The molecule has 2 aromatic carbocycles. The number of benzene rings is 2. The fraction of sp³-hybridized carbons (Fsp3) is 0.391. The van der Waals surface area contributed by atoms with Gasteiger partial charge in [-0.1, -0.05) is 24.3 Å². The van der Waals surface area contributed by atoms with E-state index in [4.69, 9.17) is 4.74 Å². The summed E-state index contributed by atoms with van der Waals surface area (Å²) >= 11 is 0. The molecule has 0 bridgehead atoms. The van der Waals surface area contributed by atoms with Crippen molar-refractivity contribution in [1.82, 2.24) is 15.5 Å². The van der Waals surface area contributed by atoms with E-state index in [1.54, 1.807) is 19.2 Å². The number of hydrogen-bond donors (Lipinski definition) is 2. The van der Waals surface area contributed by atoms with Gasteiger partial charge in [-0.25, -0.2) is 4.39 Å². The molecule has 1 fully saturated rings. The molecular formula is C23H30FIN4O2. The van der Waals surface area contributed by atoms with Crippen molar-refractivity contribution < 1.29 is 13.9 Å². The molecule has 3 rings (SSSR count). The van der Waals surface area contributed by atoms with Gasteiger partial charge in [-0.3, -0.25) is 9.79 Å². The lowest BCUT2D eigenvalue weighted by Gasteiger charge is -2.20. The SMILES string of the molecule is CN=C(NCc1ccccc1CN1CCCC1=O)NCC(C)Oc1ccc(F)cc1.I. The molecule has 1 saturated heterocycles. The van der Waals surface area contributed by atoms with Crippen molar-refractivity contribution in [3.05, 3.63) is 65.5 Å². The number of nitrogens with zero attached hydrogens (tertiary/aromatic N) is 2. The molecule has 1 atom stereocenters. The number of carbonyl (C=O) groups excluding carboxylic acids is 1. The van der Waals surface area contributed by atoms with Crippen LogP contribution in [0.4, 0.5) is 4.39 Å². The monoisotopic (exact) mass is 540 g/mol. The van der Waals surface area contributed by atoms with Crippen LogP contribution >= 0.6 is 24.0 Å². The van der Waals surface area contributed by atoms with Gasteiger partial charge in [0.15, 0.2) is 5.96 Å². The maximum atomic E-state index is 13.0. The number of nitrogens with one attached hydrogen (secondary N) is 2. The fourth-order valence-corrected chi connectivity index (χ4v) is 3.39. The van der Waals surface area contributed by atoms with Gasteiger partial charge >= 0.3 is 0 Å². The summed E-state index contributed by atoms with van der Waals surface area (Å²) in [7, 11) is 1.72. The van der Waals surface area contributed by atoms with E-state index in [0.717, 1.165) is 24.1 Å². The van der Waals surface area contributed by atoms with E-state index in [-0.39, 0.29) is 41.8 Å². The number of ether oxygens (including phenoxy) is 1. The number of amides is 1. The second-order valence-corrected chi connectivity index (χ2v) is 7.38. The van der Waals surface area contributed by atoms with E-state index < -0.39 is 0 Å². The van der Waals surface area contributed by atoms with Crippen LogP contribution in [-0.2, 0) is 17.9 Å². The summed E-state index contributed by atoms with van der Waals surface area (Å²) in [5.74, 6) is 1.23. The standard InChI is InChI=1S/C23H29FN4O2.HI/c1-17(30-21-11-9-20(24)10-12-21)14-26-23(25-2)27-15-18-6-3-4-7-19(18)16-28-13-5-8-22(28)29;/h3-4,6-7,9-12,17H,5,8,13-16H2,1-2H3,(H2,25,26,27);1H. The summed E-state index contributed by atoms with van der Waals surface area (Å²) in [5.41, 5.74) is 2.28. The van der Waals surface area contributed by atoms with Crippen LogP contribution in [0.15, 0.2) is 53.5 Å². The number of halogens is 2. The number of aliphatic imine (C=N–C) groups is 1. The highest BCUT2D eigenvalue weighted by atomic mass is 127. The normalized spacial score (nSPS) is 14.7. The molecular weight excluding hydrogens is 510 g/mol. The van der Waals surface area contributed by atoms with E-state index in [0.29, 0.717) is 37.8 Å². The molecule has 6 nitrogen and oxygen atoms in total. The van der Waals surface area contributed by atoms with Crippen molar-refractivity contribution >= 4 is 35.8 Å². The molecule has 1 aliphatic rings. The topological polar surface area (TPSA) is 66.0 Å². The number of carbonyl (C=O) groups is 1. The Morgan fingerprint density at radius 3 is 2.52 bits per heavy atom. The first-order valence-corrected chi connectivity index (χ1v) is 10.3. The lowest BCUT2D eigenvalue weighted by atomic mass is 10.1. The van der Waals surface area contributed by atoms with Crippen LogP contribution < -0.4 is 15.4 Å². The van der Waals surface area contributed by atoms with Gasteiger partial charge in [0.25, 0.3) is 0 Å². The highest BCUT2D eigenvalue weighted by Crippen LogP contribution is 2.17. The Labute approximate surface area is 200 Å². The zero-order valence-electron chi connectivity index (χ0n) is 17.9. The molecule has 0 aliphatic carbocycles. The van der Waals surface area contributed by atoms with Crippen LogP contribution in [0.25, 0.3) is 0 Å². The number of guanidine groups is 1. The Balaban J connectivity index is 0.00000341. The Kier molecular flexibility index (Phi) is 10.0. The summed E-state index contributed by atoms with van der Waals surface area (Å²) in [5, 5.41) is 6.57. The largest absolute Gasteiger partial charge is 0.489 e. The maximum Gasteiger partial charge on any atom is 0.222 e. The summed E-state index contributed by atoms with van der Waals surface area (Å²) in [6, 6.07) is 14.1. The molecule has 0 spiro atoms. The minimum Gasteiger partial charge on any atom is -0.489 e. The second-order valence-electron chi connectivity index (χ2n) is 7.38. The zero-order valence-corrected chi connectivity index (χ0v) is 20.3. The van der Waals surface area contributed by atoms with Gasteiger partial charge in [-0.05, 0) is 48.7 Å². The van der Waals surface area contributed by atoms with Gasteiger partial charge in [0.1, 0.15) is 17.7 Å². The first-order chi connectivity index (χ1) is 14.5. The van der Waals surface area contributed by atoms with Gasteiger partial charge in [0, 0.05) is 33.1 Å². The average molecular weight is 540 g/mol. The molecule has 1 amide bonds. The van der Waals surface area contributed by atoms with Crippen LogP contribution in [0.2, 0.25) is 0 Å². The van der Waals surface area contributed by atoms with Crippen molar-refractivity contribution in [2.24, 2.45) is 4.99 Å². The number of likely N-dealkylation sites (tertiary alicyclic amines) is 1. The maximum absolute atomic E-state index is 13.0.